The van der Waals surface area contributed by atoms with Crippen LogP contribution in [0.25, 0.3) is 0 Å². The van der Waals surface area contributed by atoms with Crippen molar-refractivity contribution in [2.75, 3.05) is 6.61 Å². The van der Waals surface area contributed by atoms with E-state index in [0.717, 1.165) is 0 Å². The standard InChI is InChI=1S/C9H15N3O2/c1-6(2)8(5-13)11-9(14)7-3-4-10-12-7/h3-4,6,8,13H,5H2,1-2H3,(H,10,12)(H,11,14)/t8-/m1/s1. The van der Waals surface area contributed by atoms with Gasteiger partial charge in [0, 0.05) is 6.20 Å². The van der Waals surface area contributed by atoms with Crippen molar-refractivity contribution in [3.8, 4) is 0 Å². The Morgan fingerprint density at radius 2 is 2.43 bits per heavy atom. The van der Waals surface area contributed by atoms with E-state index < -0.39 is 0 Å². The molecule has 0 radical (unpaired) electrons. The van der Waals surface area contributed by atoms with Crippen LogP contribution in [0.15, 0.2) is 12.3 Å². The summed E-state index contributed by atoms with van der Waals surface area (Å²) in [6.45, 7) is 3.82. The van der Waals surface area contributed by atoms with Gasteiger partial charge in [-0.15, -0.1) is 0 Å². The van der Waals surface area contributed by atoms with Gasteiger partial charge in [0.25, 0.3) is 5.91 Å². The number of aliphatic hydroxyl groups is 1. The van der Waals surface area contributed by atoms with Crippen molar-refractivity contribution in [3.05, 3.63) is 18.0 Å². The largest absolute Gasteiger partial charge is 0.394 e. The van der Waals surface area contributed by atoms with Crippen molar-refractivity contribution >= 4 is 5.91 Å². The van der Waals surface area contributed by atoms with Gasteiger partial charge in [0.1, 0.15) is 5.69 Å². The number of carbonyl (C=O) groups is 1. The van der Waals surface area contributed by atoms with Crippen LogP contribution in [-0.4, -0.2) is 33.9 Å². The first kappa shape index (κ1) is 10.7. The zero-order chi connectivity index (χ0) is 10.6. The van der Waals surface area contributed by atoms with E-state index in [4.69, 9.17) is 5.11 Å². The van der Waals surface area contributed by atoms with Crippen molar-refractivity contribution in [1.29, 1.82) is 0 Å². The Kier molecular flexibility index (Phi) is 3.64. The van der Waals surface area contributed by atoms with Crippen LogP contribution in [0.2, 0.25) is 0 Å². The van der Waals surface area contributed by atoms with Crippen LogP contribution < -0.4 is 5.32 Å². The van der Waals surface area contributed by atoms with Gasteiger partial charge >= 0.3 is 0 Å². The van der Waals surface area contributed by atoms with Crippen molar-refractivity contribution in [3.63, 3.8) is 0 Å². The summed E-state index contributed by atoms with van der Waals surface area (Å²) in [4.78, 5) is 11.5. The van der Waals surface area contributed by atoms with Gasteiger partial charge in [-0.2, -0.15) is 5.10 Å². The molecule has 5 nitrogen and oxygen atoms in total. The summed E-state index contributed by atoms with van der Waals surface area (Å²) in [6, 6.07) is 1.37. The number of aromatic nitrogens is 2. The molecule has 0 aliphatic rings. The van der Waals surface area contributed by atoms with Gasteiger partial charge in [0.2, 0.25) is 0 Å². The maximum Gasteiger partial charge on any atom is 0.269 e. The minimum absolute atomic E-state index is 0.0580. The van der Waals surface area contributed by atoms with Crippen LogP contribution in [0.5, 0.6) is 0 Å². The van der Waals surface area contributed by atoms with Gasteiger partial charge in [0.15, 0.2) is 0 Å². The molecule has 78 valence electrons. The molecular formula is C9H15N3O2. The average Bonchev–Trinajstić information content (AvgIpc) is 2.65. The molecule has 3 N–H and O–H groups in total. The van der Waals surface area contributed by atoms with Crippen LogP contribution in [0, 0.1) is 5.92 Å². The molecule has 5 heteroatoms. The molecule has 0 fully saturated rings. The summed E-state index contributed by atoms with van der Waals surface area (Å²) >= 11 is 0. The molecule has 0 spiro atoms. The van der Waals surface area contributed by atoms with Crippen molar-refractivity contribution in [1.82, 2.24) is 15.5 Å². The number of aliphatic hydroxyl groups excluding tert-OH is 1. The Morgan fingerprint density at radius 3 is 2.86 bits per heavy atom. The fourth-order valence-corrected chi connectivity index (χ4v) is 1.05. The minimum Gasteiger partial charge on any atom is -0.394 e. The quantitative estimate of drug-likeness (QED) is 0.643. The van der Waals surface area contributed by atoms with E-state index in [9.17, 15) is 4.79 Å². The number of H-pyrrole nitrogens is 1. The number of nitrogens with zero attached hydrogens (tertiary/aromatic N) is 1. The molecule has 1 rings (SSSR count). The third-order valence-corrected chi connectivity index (χ3v) is 2.06. The second kappa shape index (κ2) is 4.76. The lowest BCUT2D eigenvalue weighted by atomic mass is 10.1. The Labute approximate surface area is 82.5 Å². The Balaban J connectivity index is 2.56. The molecule has 0 unspecified atom stereocenters. The predicted molar refractivity (Wildman–Crippen MR) is 51.8 cm³/mol. The molecule has 1 atom stereocenters. The second-order valence-corrected chi connectivity index (χ2v) is 3.48. The summed E-state index contributed by atoms with van der Waals surface area (Å²) < 4.78 is 0. The molecule has 14 heavy (non-hydrogen) atoms. The molecule has 1 heterocycles. The number of hydrogen-bond donors (Lipinski definition) is 3. The first-order chi connectivity index (χ1) is 6.65. The molecule has 1 amide bonds. The highest BCUT2D eigenvalue weighted by Gasteiger charge is 2.16. The molecule has 0 saturated heterocycles. The van der Waals surface area contributed by atoms with Gasteiger partial charge in [-0.25, -0.2) is 0 Å². The molecule has 1 aromatic heterocycles. The first-order valence-corrected chi connectivity index (χ1v) is 4.56. The molecule has 0 bridgehead atoms. The summed E-state index contributed by atoms with van der Waals surface area (Å²) in [5, 5.41) is 17.9. The molecule has 1 aromatic rings. The number of aromatic amines is 1. The van der Waals surface area contributed by atoms with E-state index in [0.29, 0.717) is 5.69 Å². The summed E-state index contributed by atoms with van der Waals surface area (Å²) in [5.74, 6) is -0.0397. The van der Waals surface area contributed by atoms with Crippen LogP contribution in [0.1, 0.15) is 24.3 Å². The number of carbonyl (C=O) groups excluding carboxylic acids is 1. The minimum atomic E-state index is -0.241. The second-order valence-electron chi connectivity index (χ2n) is 3.48. The zero-order valence-corrected chi connectivity index (χ0v) is 8.32. The lowest BCUT2D eigenvalue weighted by molar-refractivity contribution is 0.0892. The topological polar surface area (TPSA) is 78.0 Å². The number of hydrogen-bond acceptors (Lipinski definition) is 3. The predicted octanol–water partition coefficient (Wildman–Crippen LogP) is 0.156. The average molecular weight is 197 g/mol. The van der Waals surface area contributed by atoms with E-state index in [-0.39, 0.29) is 24.5 Å². The maximum atomic E-state index is 11.5. The van der Waals surface area contributed by atoms with E-state index >= 15 is 0 Å². The fourth-order valence-electron chi connectivity index (χ4n) is 1.05. The van der Waals surface area contributed by atoms with E-state index in [1.54, 1.807) is 6.07 Å². The maximum absolute atomic E-state index is 11.5. The summed E-state index contributed by atoms with van der Waals surface area (Å²) in [7, 11) is 0. The SMILES string of the molecule is CC(C)[C@@H](CO)NC(=O)c1ccn[nH]1. The lowest BCUT2D eigenvalue weighted by Crippen LogP contribution is -2.41. The number of amides is 1. The zero-order valence-electron chi connectivity index (χ0n) is 8.32. The van der Waals surface area contributed by atoms with Crippen LogP contribution in [0.3, 0.4) is 0 Å². The Bertz CT molecular complexity index is 282. The lowest BCUT2D eigenvalue weighted by Gasteiger charge is -2.19. The van der Waals surface area contributed by atoms with Crippen LogP contribution >= 0.6 is 0 Å². The third-order valence-electron chi connectivity index (χ3n) is 2.06. The molecule has 0 aliphatic carbocycles. The van der Waals surface area contributed by atoms with Crippen molar-refractivity contribution in [2.45, 2.75) is 19.9 Å². The van der Waals surface area contributed by atoms with E-state index in [1.165, 1.54) is 6.20 Å². The summed E-state index contributed by atoms with van der Waals surface area (Å²) in [5.41, 5.74) is 0.407. The van der Waals surface area contributed by atoms with Gasteiger partial charge in [-0.3, -0.25) is 9.89 Å². The van der Waals surface area contributed by atoms with Gasteiger partial charge in [-0.1, -0.05) is 13.8 Å². The van der Waals surface area contributed by atoms with Gasteiger partial charge in [0.05, 0.1) is 12.6 Å². The number of rotatable bonds is 4. The molecular weight excluding hydrogens is 182 g/mol. The third kappa shape index (κ3) is 2.56. The van der Waals surface area contributed by atoms with Crippen LogP contribution in [0.4, 0.5) is 0 Å². The smallest absolute Gasteiger partial charge is 0.269 e. The molecule has 0 aliphatic heterocycles. The number of nitrogens with one attached hydrogen (secondary N) is 2. The van der Waals surface area contributed by atoms with Gasteiger partial charge in [-0.05, 0) is 12.0 Å². The normalized spacial score (nSPS) is 12.9. The highest BCUT2D eigenvalue weighted by Crippen LogP contribution is 2.02. The summed E-state index contributed by atoms with van der Waals surface area (Å²) in [6.07, 6.45) is 1.51. The Morgan fingerprint density at radius 1 is 1.71 bits per heavy atom. The Hall–Kier alpha value is -1.36. The first-order valence-electron chi connectivity index (χ1n) is 4.56. The van der Waals surface area contributed by atoms with Crippen molar-refractivity contribution < 1.29 is 9.90 Å². The van der Waals surface area contributed by atoms with Crippen LogP contribution in [-0.2, 0) is 0 Å². The monoisotopic (exact) mass is 197 g/mol. The fraction of sp³-hybridized carbons (Fsp3) is 0.556. The highest BCUT2D eigenvalue weighted by molar-refractivity contribution is 5.92. The van der Waals surface area contributed by atoms with Gasteiger partial charge < -0.3 is 10.4 Å². The highest BCUT2D eigenvalue weighted by atomic mass is 16.3. The van der Waals surface area contributed by atoms with E-state index in [1.807, 2.05) is 13.8 Å². The molecule has 0 aromatic carbocycles. The van der Waals surface area contributed by atoms with Crippen molar-refractivity contribution in [2.24, 2.45) is 5.92 Å². The molecule has 0 saturated carbocycles. The van der Waals surface area contributed by atoms with E-state index in [2.05, 4.69) is 15.5 Å².